The van der Waals surface area contributed by atoms with Gasteiger partial charge in [-0.3, -0.25) is 0 Å². The average Bonchev–Trinajstić information content (AvgIpc) is 2.29. The van der Waals surface area contributed by atoms with Crippen molar-refractivity contribution >= 4 is 11.9 Å². The molecule has 0 amide bonds. The van der Waals surface area contributed by atoms with E-state index in [0.717, 1.165) is 6.08 Å². The maximum Gasteiger partial charge on any atom is 0.339 e. The van der Waals surface area contributed by atoms with Crippen LogP contribution in [0.2, 0.25) is 0 Å². The van der Waals surface area contributed by atoms with E-state index < -0.39 is 18.2 Å². The van der Waals surface area contributed by atoms with Gasteiger partial charge < -0.3 is 14.6 Å². The molecule has 5 heteroatoms. The van der Waals surface area contributed by atoms with Gasteiger partial charge in [-0.25, -0.2) is 9.59 Å². The van der Waals surface area contributed by atoms with Gasteiger partial charge in [0.15, 0.2) is 0 Å². The predicted octanol–water partition coefficient (Wildman–Crippen LogP) is 1.84. The van der Waals surface area contributed by atoms with Crippen molar-refractivity contribution in [1.82, 2.24) is 0 Å². The van der Waals surface area contributed by atoms with Gasteiger partial charge in [-0.1, -0.05) is 18.7 Å². The number of carbonyl (C=O) groups excluding carboxylic acids is 1. The molecule has 1 N–H and O–H groups in total. The smallest absolute Gasteiger partial charge is 0.339 e. The Kier molecular flexibility index (Phi) is 4.28. The molecule has 0 fully saturated rings. The quantitative estimate of drug-likeness (QED) is 0.479. The molecule has 0 aromatic heterocycles. The number of benzene rings is 1. The Morgan fingerprint density at radius 1 is 1.41 bits per heavy atom. The molecule has 1 aromatic rings. The third-order valence-corrected chi connectivity index (χ3v) is 1.86. The van der Waals surface area contributed by atoms with Crippen molar-refractivity contribution < 1.29 is 24.2 Å². The molecule has 90 valence electrons. The number of ether oxygens (including phenoxy) is 2. The Morgan fingerprint density at radius 2 is 2.06 bits per heavy atom. The Morgan fingerprint density at radius 3 is 2.65 bits per heavy atom. The Labute approximate surface area is 98.3 Å². The molecule has 0 aliphatic carbocycles. The number of carbonyl (C=O) groups is 2. The Bertz CT molecular complexity index is 438. The summed E-state index contributed by atoms with van der Waals surface area (Å²) in [6, 6.07) is 6.10. The summed E-state index contributed by atoms with van der Waals surface area (Å²) >= 11 is 0. The van der Waals surface area contributed by atoms with Crippen molar-refractivity contribution in [1.29, 1.82) is 0 Å². The lowest BCUT2D eigenvalue weighted by Gasteiger charge is -2.15. The summed E-state index contributed by atoms with van der Waals surface area (Å²) < 4.78 is 9.97. The molecule has 17 heavy (non-hydrogen) atoms. The highest BCUT2D eigenvalue weighted by Gasteiger charge is 2.14. The number of rotatable bonds is 5. The van der Waals surface area contributed by atoms with Gasteiger partial charge in [0.25, 0.3) is 0 Å². The van der Waals surface area contributed by atoms with Gasteiger partial charge in [-0.15, -0.1) is 0 Å². The lowest BCUT2D eigenvalue weighted by atomic mass is 10.2. The van der Waals surface area contributed by atoms with Gasteiger partial charge in [0.1, 0.15) is 11.3 Å². The summed E-state index contributed by atoms with van der Waals surface area (Å²) in [6.45, 7) is 4.73. The second-order valence-electron chi connectivity index (χ2n) is 3.13. The molecule has 1 unspecified atom stereocenters. The lowest BCUT2D eigenvalue weighted by Crippen LogP contribution is -2.20. The van der Waals surface area contributed by atoms with Crippen molar-refractivity contribution in [3.8, 4) is 5.75 Å². The van der Waals surface area contributed by atoms with Gasteiger partial charge >= 0.3 is 11.9 Å². The zero-order chi connectivity index (χ0) is 12.8. The van der Waals surface area contributed by atoms with Crippen LogP contribution in [0.15, 0.2) is 36.9 Å². The number of aromatic carboxylic acids is 1. The molecule has 1 atom stereocenters. The molecule has 0 radical (unpaired) electrons. The van der Waals surface area contributed by atoms with E-state index in [-0.39, 0.29) is 11.3 Å². The molecular weight excluding hydrogens is 224 g/mol. The summed E-state index contributed by atoms with van der Waals surface area (Å²) in [5, 5.41) is 8.90. The summed E-state index contributed by atoms with van der Waals surface area (Å²) in [4.78, 5) is 21.8. The minimum absolute atomic E-state index is 0.00834. The fraction of sp³-hybridized carbons (Fsp3) is 0.167. The van der Waals surface area contributed by atoms with Crippen molar-refractivity contribution in [2.75, 3.05) is 0 Å². The van der Waals surface area contributed by atoms with Crippen molar-refractivity contribution in [2.24, 2.45) is 0 Å². The topological polar surface area (TPSA) is 72.8 Å². The van der Waals surface area contributed by atoms with Crippen LogP contribution in [0.25, 0.3) is 0 Å². The molecule has 0 heterocycles. The lowest BCUT2D eigenvalue weighted by molar-refractivity contribution is -0.154. The normalized spacial score (nSPS) is 11.4. The third kappa shape index (κ3) is 3.64. The van der Waals surface area contributed by atoms with Crippen LogP contribution in [0, 0.1) is 0 Å². The fourth-order valence-corrected chi connectivity index (χ4v) is 1.16. The van der Waals surface area contributed by atoms with Crippen LogP contribution in [0.1, 0.15) is 17.3 Å². The van der Waals surface area contributed by atoms with Crippen LogP contribution < -0.4 is 4.74 Å². The molecule has 5 nitrogen and oxygen atoms in total. The first-order valence-electron chi connectivity index (χ1n) is 4.86. The number of hydrogen-bond acceptors (Lipinski definition) is 4. The molecule has 0 bridgehead atoms. The minimum Gasteiger partial charge on any atom is -0.478 e. The van der Waals surface area contributed by atoms with Crippen molar-refractivity contribution in [2.45, 2.75) is 13.2 Å². The monoisotopic (exact) mass is 236 g/mol. The summed E-state index contributed by atoms with van der Waals surface area (Å²) in [5.74, 6) is -1.60. The molecule has 0 spiro atoms. The predicted molar refractivity (Wildman–Crippen MR) is 59.8 cm³/mol. The minimum atomic E-state index is -1.11. The first kappa shape index (κ1) is 12.8. The number of esters is 1. The van der Waals surface area contributed by atoms with Gasteiger partial charge in [-0.2, -0.15) is 0 Å². The Balaban J connectivity index is 2.77. The molecule has 0 aliphatic heterocycles. The standard InChI is InChI=1S/C12H12O5/c1-3-11(13)17-8(2)16-10-7-5-4-6-9(10)12(14)15/h3-8H,1H2,2H3,(H,14,15). The van der Waals surface area contributed by atoms with E-state index >= 15 is 0 Å². The van der Waals surface area contributed by atoms with Crippen LogP contribution in [-0.2, 0) is 9.53 Å². The third-order valence-electron chi connectivity index (χ3n) is 1.86. The average molecular weight is 236 g/mol. The number of hydrogen-bond donors (Lipinski definition) is 1. The van der Waals surface area contributed by atoms with E-state index in [9.17, 15) is 9.59 Å². The van der Waals surface area contributed by atoms with Gasteiger partial charge in [0, 0.05) is 13.0 Å². The zero-order valence-corrected chi connectivity index (χ0v) is 9.25. The molecule has 1 rings (SSSR count). The Hall–Kier alpha value is -2.30. The van der Waals surface area contributed by atoms with Crippen LogP contribution in [0.3, 0.4) is 0 Å². The van der Waals surface area contributed by atoms with Crippen LogP contribution in [0.5, 0.6) is 5.75 Å². The number of carboxylic acids is 1. The van der Waals surface area contributed by atoms with Crippen LogP contribution in [-0.4, -0.2) is 23.3 Å². The summed E-state index contributed by atoms with van der Waals surface area (Å²) in [6.07, 6.45) is 0.115. The van der Waals surface area contributed by atoms with E-state index in [2.05, 4.69) is 6.58 Å². The highest BCUT2D eigenvalue weighted by Crippen LogP contribution is 2.19. The van der Waals surface area contributed by atoms with Crippen molar-refractivity contribution in [3.63, 3.8) is 0 Å². The van der Waals surface area contributed by atoms with E-state index in [4.69, 9.17) is 14.6 Å². The van der Waals surface area contributed by atoms with Crippen LogP contribution in [0.4, 0.5) is 0 Å². The molecule has 1 aromatic carbocycles. The van der Waals surface area contributed by atoms with Gasteiger partial charge in [0.05, 0.1) is 0 Å². The molecular formula is C12H12O5. The first-order chi connectivity index (χ1) is 8.04. The zero-order valence-electron chi connectivity index (χ0n) is 9.25. The van der Waals surface area contributed by atoms with Gasteiger partial charge in [0.2, 0.25) is 6.29 Å². The largest absolute Gasteiger partial charge is 0.478 e. The summed E-state index contributed by atoms with van der Waals surface area (Å²) in [5.41, 5.74) is 0.00834. The number of para-hydroxylation sites is 1. The number of carboxylic acid groups (broad SMARTS) is 1. The van der Waals surface area contributed by atoms with E-state index in [1.807, 2.05) is 0 Å². The summed E-state index contributed by atoms with van der Waals surface area (Å²) in [7, 11) is 0. The molecule has 0 saturated heterocycles. The molecule has 0 aliphatic rings. The SMILES string of the molecule is C=CC(=O)OC(C)Oc1ccccc1C(=O)O. The van der Waals surface area contributed by atoms with E-state index in [1.165, 1.54) is 19.1 Å². The second kappa shape index (κ2) is 5.69. The van der Waals surface area contributed by atoms with E-state index in [0.29, 0.717) is 0 Å². The molecule has 0 saturated carbocycles. The second-order valence-corrected chi connectivity index (χ2v) is 3.13. The van der Waals surface area contributed by atoms with Crippen LogP contribution >= 0.6 is 0 Å². The van der Waals surface area contributed by atoms with Gasteiger partial charge in [-0.05, 0) is 12.1 Å². The highest BCUT2D eigenvalue weighted by molar-refractivity contribution is 5.90. The van der Waals surface area contributed by atoms with Crippen molar-refractivity contribution in [3.05, 3.63) is 42.5 Å². The maximum absolute atomic E-state index is 10.9. The van der Waals surface area contributed by atoms with E-state index in [1.54, 1.807) is 12.1 Å². The maximum atomic E-state index is 10.9. The highest BCUT2D eigenvalue weighted by atomic mass is 16.7. The fourth-order valence-electron chi connectivity index (χ4n) is 1.16. The first-order valence-corrected chi connectivity index (χ1v) is 4.86.